The Morgan fingerprint density at radius 3 is 2.55 bits per heavy atom. The van der Waals surface area contributed by atoms with Crippen LogP contribution >= 0.6 is 11.8 Å². The number of thioether (sulfide) groups is 1. The summed E-state index contributed by atoms with van der Waals surface area (Å²) in [6.45, 7) is 0. The predicted octanol–water partition coefficient (Wildman–Crippen LogP) is 3.78. The van der Waals surface area contributed by atoms with Crippen molar-refractivity contribution < 1.29 is 18.7 Å². The maximum atomic E-state index is 12.2. The van der Waals surface area contributed by atoms with Crippen LogP contribution < -0.4 is 0 Å². The molecule has 1 atom stereocenters. The molecule has 0 spiro atoms. The van der Waals surface area contributed by atoms with E-state index in [1.54, 1.807) is 12.3 Å². The molecular weight excluding hydrogens is 300 g/mol. The fourth-order valence-corrected chi connectivity index (χ4v) is 2.91. The molecule has 1 aromatic carbocycles. The Bertz CT molecular complexity index is 592. The second-order valence-electron chi connectivity index (χ2n) is 4.83. The first kappa shape index (κ1) is 16.4. The van der Waals surface area contributed by atoms with Crippen LogP contribution in [0, 0.1) is 0 Å². The number of furan rings is 1. The molecule has 22 heavy (non-hydrogen) atoms. The third-order valence-corrected chi connectivity index (χ3v) is 4.20. The number of carbonyl (C=O) groups excluding carboxylic acids is 2. The molecule has 0 saturated heterocycles. The maximum absolute atomic E-state index is 12.2. The molecule has 0 aliphatic carbocycles. The van der Waals surface area contributed by atoms with Crippen LogP contribution in [0.2, 0.25) is 0 Å². The zero-order valence-electron chi connectivity index (χ0n) is 12.4. The molecule has 1 aromatic heterocycles. The number of esters is 1. The van der Waals surface area contributed by atoms with E-state index in [1.807, 2.05) is 36.4 Å². The summed E-state index contributed by atoms with van der Waals surface area (Å²) in [7, 11) is 1.36. The van der Waals surface area contributed by atoms with E-state index in [1.165, 1.54) is 18.9 Å². The highest BCUT2D eigenvalue weighted by molar-refractivity contribution is 8.12. The van der Waals surface area contributed by atoms with Crippen LogP contribution in [-0.4, -0.2) is 18.2 Å². The maximum Gasteiger partial charge on any atom is 0.306 e. The fraction of sp³-hybridized carbons (Fsp3) is 0.294. The quantitative estimate of drug-likeness (QED) is 0.727. The lowest BCUT2D eigenvalue weighted by atomic mass is 9.93. The molecule has 2 aromatic rings. The molecule has 0 aliphatic heterocycles. The summed E-state index contributed by atoms with van der Waals surface area (Å²) in [5, 5.41) is 0.0363. The molecule has 0 unspecified atom stereocenters. The summed E-state index contributed by atoms with van der Waals surface area (Å²) in [4.78, 5) is 23.7. The Labute approximate surface area is 133 Å². The Hall–Kier alpha value is -2.01. The summed E-state index contributed by atoms with van der Waals surface area (Å²) in [5.41, 5.74) is 0.972. The van der Waals surface area contributed by atoms with Crippen molar-refractivity contribution in [3.63, 3.8) is 0 Å². The second-order valence-corrected chi connectivity index (χ2v) is 5.86. The van der Waals surface area contributed by atoms with Crippen LogP contribution in [-0.2, 0) is 20.1 Å². The van der Waals surface area contributed by atoms with Crippen molar-refractivity contribution in [2.75, 3.05) is 7.11 Å². The van der Waals surface area contributed by atoms with Gasteiger partial charge in [-0.25, -0.2) is 0 Å². The third kappa shape index (κ3) is 5.07. The lowest BCUT2D eigenvalue weighted by Gasteiger charge is -2.15. The minimum absolute atomic E-state index is 0.0363. The van der Waals surface area contributed by atoms with Gasteiger partial charge in [0.1, 0.15) is 5.76 Å². The topological polar surface area (TPSA) is 56.5 Å². The molecule has 4 nitrogen and oxygen atoms in total. The van der Waals surface area contributed by atoms with E-state index in [0.29, 0.717) is 12.2 Å². The Kier molecular flexibility index (Phi) is 6.27. The Morgan fingerprint density at radius 1 is 1.14 bits per heavy atom. The highest BCUT2D eigenvalue weighted by Gasteiger charge is 2.20. The molecule has 2 rings (SSSR count). The van der Waals surface area contributed by atoms with Gasteiger partial charge in [0.15, 0.2) is 5.12 Å². The van der Waals surface area contributed by atoms with Crippen molar-refractivity contribution in [1.29, 1.82) is 0 Å². The van der Waals surface area contributed by atoms with Gasteiger partial charge >= 0.3 is 5.97 Å². The van der Waals surface area contributed by atoms with Crippen molar-refractivity contribution in [1.82, 2.24) is 0 Å². The van der Waals surface area contributed by atoms with E-state index in [9.17, 15) is 9.59 Å². The van der Waals surface area contributed by atoms with Crippen molar-refractivity contribution in [2.24, 2.45) is 0 Å². The molecular formula is C17H18O4S. The molecule has 116 valence electrons. The lowest BCUT2D eigenvalue weighted by molar-refractivity contribution is -0.141. The number of hydrogen-bond acceptors (Lipinski definition) is 5. The summed E-state index contributed by atoms with van der Waals surface area (Å²) >= 11 is 1.21. The van der Waals surface area contributed by atoms with Crippen molar-refractivity contribution in [3.8, 4) is 0 Å². The summed E-state index contributed by atoms with van der Waals surface area (Å²) in [5.74, 6) is 0.802. The minimum atomic E-state index is -0.308. The van der Waals surface area contributed by atoms with E-state index in [-0.39, 0.29) is 23.4 Å². The predicted molar refractivity (Wildman–Crippen MR) is 85.4 cm³/mol. The molecule has 5 heteroatoms. The molecule has 0 fully saturated rings. The number of hydrogen-bond donors (Lipinski definition) is 0. The van der Waals surface area contributed by atoms with Gasteiger partial charge in [-0.3, -0.25) is 9.59 Å². The van der Waals surface area contributed by atoms with Crippen LogP contribution in [0.25, 0.3) is 0 Å². The largest absolute Gasteiger partial charge is 0.469 e. The first-order valence-corrected chi connectivity index (χ1v) is 7.97. The highest BCUT2D eigenvalue weighted by atomic mass is 32.2. The number of carbonyl (C=O) groups is 2. The molecule has 0 amide bonds. The molecule has 0 aliphatic rings. The van der Waals surface area contributed by atoms with Crippen molar-refractivity contribution >= 4 is 22.8 Å². The zero-order chi connectivity index (χ0) is 15.8. The van der Waals surface area contributed by atoms with Gasteiger partial charge in [-0.05, 0) is 17.7 Å². The van der Waals surface area contributed by atoms with Crippen LogP contribution in [0.5, 0.6) is 0 Å². The van der Waals surface area contributed by atoms with Gasteiger partial charge in [-0.15, -0.1) is 0 Å². The molecule has 1 heterocycles. The number of methoxy groups -OCH3 is 1. The van der Waals surface area contributed by atoms with Crippen LogP contribution in [0.15, 0.2) is 53.1 Å². The Morgan fingerprint density at radius 2 is 1.91 bits per heavy atom. The van der Waals surface area contributed by atoms with Crippen molar-refractivity contribution in [2.45, 2.75) is 24.5 Å². The van der Waals surface area contributed by atoms with E-state index in [0.717, 1.165) is 11.3 Å². The summed E-state index contributed by atoms with van der Waals surface area (Å²) in [6, 6.07) is 13.2. The fourth-order valence-electron chi connectivity index (χ4n) is 2.12. The van der Waals surface area contributed by atoms with Gasteiger partial charge in [0.05, 0.1) is 25.5 Å². The second kappa shape index (κ2) is 8.44. The van der Waals surface area contributed by atoms with E-state index in [2.05, 4.69) is 0 Å². The Balaban J connectivity index is 1.96. The molecule has 0 bridgehead atoms. The minimum Gasteiger partial charge on any atom is -0.469 e. The SMILES string of the molecule is COC(=O)C[C@H](CC(=O)SCc1ccco1)c1ccccc1. The molecule has 0 radical (unpaired) electrons. The lowest BCUT2D eigenvalue weighted by Crippen LogP contribution is -2.11. The monoisotopic (exact) mass is 318 g/mol. The highest BCUT2D eigenvalue weighted by Crippen LogP contribution is 2.27. The standard InChI is InChI=1S/C17H18O4S/c1-20-16(18)10-14(13-6-3-2-4-7-13)11-17(19)22-12-15-8-5-9-21-15/h2-9,14H,10-12H2,1H3/t14-/m1/s1. The van der Waals surface area contributed by atoms with Crippen LogP contribution in [0.3, 0.4) is 0 Å². The van der Waals surface area contributed by atoms with Gasteiger partial charge in [0.25, 0.3) is 0 Å². The molecule has 0 N–H and O–H groups in total. The normalized spacial score (nSPS) is 11.9. The van der Waals surface area contributed by atoms with Gasteiger partial charge in [0.2, 0.25) is 0 Å². The number of rotatable bonds is 7. The van der Waals surface area contributed by atoms with Crippen LogP contribution in [0.4, 0.5) is 0 Å². The van der Waals surface area contributed by atoms with Gasteiger partial charge in [-0.1, -0.05) is 42.1 Å². The average Bonchev–Trinajstić information content (AvgIpc) is 3.06. The van der Waals surface area contributed by atoms with E-state index >= 15 is 0 Å². The van der Waals surface area contributed by atoms with Gasteiger partial charge < -0.3 is 9.15 Å². The number of benzene rings is 1. The van der Waals surface area contributed by atoms with Crippen molar-refractivity contribution in [3.05, 3.63) is 60.1 Å². The number of ether oxygens (including phenoxy) is 1. The molecule has 0 saturated carbocycles. The summed E-state index contributed by atoms with van der Waals surface area (Å²) < 4.78 is 9.94. The van der Waals surface area contributed by atoms with Gasteiger partial charge in [-0.2, -0.15) is 0 Å². The van der Waals surface area contributed by atoms with E-state index < -0.39 is 0 Å². The summed E-state index contributed by atoms with van der Waals surface area (Å²) in [6.07, 6.45) is 2.09. The van der Waals surface area contributed by atoms with E-state index in [4.69, 9.17) is 9.15 Å². The zero-order valence-corrected chi connectivity index (χ0v) is 13.2. The average molecular weight is 318 g/mol. The first-order chi connectivity index (χ1) is 10.7. The van der Waals surface area contributed by atoms with Crippen LogP contribution in [0.1, 0.15) is 30.1 Å². The first-order valence-electron chi connectivity index (χ1n) is 6.99. The van der Waals surface area contributed by atoms with Gasteiger partial charge in [0, 0.05) is 12.3 Å². The smallest absolute Gasteiger partial charge is 0.306 e. The third-order valence-electron chi connectivity index (χ3n) is 3.28.